The van der Waals surface area contributed by atoms with Gasteiger partial charge in [-0.1, -0.05) is 23.7 Å². The van der Waals surface area contributed by atoms with E-state index < -0.39 is 5.82 Å². The molecule has 0 aliphatic heterocycles. The molecular weight excluding hydrogens is 343 g/mol. The average Bonchev–Trinajstić information content (AvgIpc) is 3.37. The van der Waals surface area contributed by atoms with Crippen molar-refractivity contribution < 1.29 is 14.0 Å². The van der Waals surface area contributed by atoms with Crippen LogP contribution < -0.4 is 5.32 Å². The zero-order chi connectivity index (χ0) is 18.1. The Balaban J connectivity index is 1.72. The van der Waals surface area contributed by atoms with E-state index in [0.717, 1.165) is 5.56 Å². The number of carbonyl (C=O) groups excluding carboxylic acids is 2. The number of hydrogen-bond acceptors (Lipinski definition) is 2. The summed E-state index contributed by atoms with van der Waals surface area (Å²) in [5, 5.41) is 3.23. The van der Waals surface area contributed by atoms with Crippen LogP contribution in [-0.4, -0.2) is 30.8 Å². The van der Waals surface area contributed by atoms with Crippen molar-refractivity contribution in [1.29, 1.82) is 0 Å². The van der Waals surface area contributed by atoms with Crippen LogP contribution in [0.25, 0.3) is 0 Å². The minimum atomic E-state index is -0.566. The molecule has 2 amide bonds. The number of rotatable bonds is 4. The van der Waals surface area contributed by atoms with Gasteiger partial charge in [0.05, 0.1) is 5.69 Å². The second-order valence-electron chi connectivity index (χ2n) is 6.39. The van der Waals surface area contributed by atoms with E-state index in [1.54, 1.807) is 20.2 Å². The number of amides is 2. The lowest BCUT2D eigenvalue weighted by Crippen LogP contribution is -2.22. The molecular formula is C19H18ClFN2O2. The first-order chi connectivity index (χ1) is 11.9. The third-order valence-corrected chi connectivity index (χ3v) is 4.52. The third-order valence-electron chi connectivity index (χ3n) is 4.28. The van der Waals surface area contributed by atoms with E-state index >= 15 is 0 Å². The zero-order valence-corrected chi connectivity index (χ0v) is 14.7. The highest BCUT2D eigenvalue weighted by atomic mass is 35.5. The molecule has 1 aliphatic rings. The SMILES string of the molecule is CN(C)C(=O)c1ccc(F)c(NC(=O)[C@H]2C[C@@H]2c2cccc(Cl)c2)c1. The Morgan fingerprint density at radius 3 is 2.64 bits per heavy atom. The van der Waals surface area contributed by atoms with Gasteiger partial charge in [0, 0.05) is 30.6 Å². The predicted molar refractivity (Wildman–Crippen MR) is 95.3 cm³/mol. The number of benzene rings is 2. The maximum Gasteiger partial charge on any atom is 0.253 e. The Labute approximate surface area is 150 Å². The molecule has 1 saturated carbocycles. The lowest BCUT2D eigenvalue weighted by molar-refractivity contribution is -0.117. The highest BCUT2D eigenvalue weighted by molar-refractivity contribution is 6.30. The van der Waals surface area contributed by atoms with E-state index in [1.165, 1.54) is 23.1 Å². The number of anilines is 1. The van der Waals surface area contributed by atoms with Gasteiger partial charge < -0.3 is 10.2 Å². The van der Waals surface area contributed by atoms with Crippen molar-refractivity contribution in [3.63, 3.8) is 0 Å². The first-order valence-electron chi connectivity index (χ1n) is 7.94. The standard InChI is InChI=1S/C19H18ClFN2O2/c1-23(2)19(25)12-6-7-16(21)17(9-12)22-18(24)15-10-14(15)11-4-3-5-13(20)8-11/h3-9,14-15H,10H2,1-2H3,(H,22,24)/t14-,15+/m1/s1. The van der Waals surface area contributed by atoms with Crippen LogP contribution in [0.3, 0.4) is 0 Å². The van der Waals surface area contributed by atoms with Crippen molar-refractivity contribution in [2.75, 3.05) is 19.4 Å². The van der Waals surface area contributed by atoms with Crippen LogP contribution in [0, 0.1) is 11.7 Å². The van der Waals surface area contributed by atoms with Gasteiger partial charge in [-0.05, 0) is 48.2 Å². The second-order valence-corrected chi connectivity index (χ2v) is 6.82. The lowest BCUT2D eigenvalue weighted by Gasteiger charge is -2.12. The third kappa shape index (κ3) is 3.82. The van der Waals surface area contributed by atoms with Crippen LogP contribution in [0.4, 0.5) is 10.1 Å². The van der Waals surface area contributed by atoms with Crippen LogP contribution >= 0.6 is 11.6 Å². The Hall–Kier alpha value is -2.40. The van der Waals surface area contributed by atoms with Gasteiger partial charge in [0.1, 0.15) is 5.82 Å². The van der Waals surface area contributed by atoms with Gasteiger partial charge in [-0.15, -0.1) is 0 Å². The zero-order valence-electron chi connectivity index (χ0n) is 13.9. The van der Waals surface area contributed by atoms with Gasteiger partial charge in [-0.2, -0.15) is 0 Å². The molecule has 0 spiro atoms. The summed E-state index contributed by atoms with van der Waals surface area (Å²) in [5.41, 5.74) is 1.35. The molecule has 130 valence electrons. The summed E-state index contributed by atoms with van der Waals surface area (Å²) in [4.78, 5) is 25.8. The van der Waals surface area contributed by atoms with Crippen molar-refractivity contribution in [3.05, 3.63) is 64.4 Å². The van der Waals surface area contributed by atoms with Crippen molar-refractivity contribution in [2.45, 2.75) is 12.3 Å². The van der Waals surface area contributed by atoms with Crippen molar-refractivity contribution in [1.82, 2.24) is 4.90 Å². The molecule has 3 rings (SSSR count). The molecule has 1 N–H and O–H groups in total. The monoisotopic (exact) mass is 360 g/mol. The molecule has 0 saturated heterocycles. The first-order valence-corrected chi connectivity index (χ1v) is 8.32. The fourth-order valence-corrected chi connectivity index (χ4v) is 3.03. The highest BCUT2D eigenvalue weighted by Crippen LogP contribution is 2.48. The maximum atomic E-state index is 14.0. The summed E-state index contributed by atoms with van der Waals surface area (Å²) in [5.74, 6) is -1.19. The molecule has 0 bridgehead atoms. The molecule has 2 aromatic carbocycles. The number of nitrogens with zero attached hydrogens (tertiary/aromatic N) is 1. The van der Waals surface area contributed by atoms with Crippen molar-refractivity contribution in [2.24, 2.45) is 5.92 Å². The summed E-state index contributed by atoms with van der Waals surface area (Å²) in [7, 11) is 3.23. The number of hydrogen-bond donors (Lipinski definition) is 1. The Kier molecular flexibility index (Phi) is 4.77. The van der Waals surface area contributed by atoms with Crippen LogP contribution in [-0.2, 0) is 4.79 Å². The first kappa shape index (κ1) is 17.4. The molecule has 0 radical (unpaired) electrons. The Morgan fingerprint density at radius 1 is 1.20 bits per heavy atom. The van der Waals surface area contributed by atoms with Gasteiger partial charge in [0.25, 0.3) is 5.91 Å². The van der Waals surface area contributed by atoms with Crippen LogP contribution in [0.15, 0.2) is 42.5 Å². The second kappa shape index (κ2) is 6.84. The summed E-state index contributed by atoms with van der Waals surface area (Å²) in [6.45, 7) is 0. The van der Waals surface area contributed by atoms with Gasteiger partial charge >= 0.3 is 0 Å². The molecule has 2 aromatic rings. The molecule has 0 aromatic heterocycles. The summed E-state index contributed by atoms with van der Waals surface area (Å²) in [6, 6.07) is 11.4. The van der Waals surface area contributed by atoms with Crippen LogP contribution in [0.1, 0.15) is 28.3 Å². The van der Waals surface area contributed by atoms with Crippen molar-refractivity contribution >= 4 is 29.1 Å². The summed E-state index contributed by atoms with van der Waals surface area (Å²) in [6.07, 6.45) is 0.699. The summed E-state index contributed by atoms with van der Waals surface area (Å²) >= 11 is 5.98. The number of nitrogens with one attached hydrogen (secondary N) is 1. The number of halogens is 2. The van der Waals surface area contributed by atoms with E-state index in [-0.39, 0.29) is 29.3 Å². The quantitative estimate of drug-likeness (QED) is 0.898. The molecule has 0 heterocycles. The highest BCUT2D eigenvalue weighted by Gasteiger charge is 2.44. The van der Waals surface area contributed by atoms with E-state index in [2.05, 4.69) is 5.32 Å². The van der Waals surface area contributed by atoms with E-state index in [9.17, 15) is 14.0 Å². The fraction of sp³-hybridized carbons (Fsp3) is 0.263. The normalized spacial score (nSPS) is 18.6. The molecule has 2 atom stereocenters. The van der Waals surface area contributed by atoms with E-state index in [4.69, 9.17) is 11.6 Å². The molecule has 4 nitrogen and oxygen atoms in total. The average molecular weight is 361 g/mol. The van der Waals surface area contributed by atoms with Gasteiger partial charge in [-0.3, -0.25) is 9.59 Å². The van der Waals surface area contributed by atoms with Gasteiger partial charge in [0.2, 0.25) is 5.91 Å². The Morgan fingerprint density at radius 2 is 1.96 bits per heavy atom. The largest absolute Gasteiger partial charge is 0.345 e. The molecule has 1 fully saturated rings. The van der Waals surface area contributed by atoms with E-state index in [1.807, 2.05) is 18.2 Å². The summed E-state index contributed by atoms with van der Waals surface area (Å²) < 4.78 is 14.0. The number of carbonyl (C=O) groups is 2. The molecule has 1 aliphatic carbocycles. The minimum absolute atomic E-state index is 0.0226. The van der Waals surface area contributed by atoms with Crippen LogP contribution in [0.2, 0.25) is 5.02 Å². The van der Waals surface area contributed by atoms with Crippen LogP contribution in [0.5, 0.6) is 0 Å². The van der Waals surface area contributed by atoms with E-state index in [0.29, 0.717) is 17.0 Å². The molecule has 0 unspecified atom stereocenters. The molecule has 6 heteroatoms. The minimum Gasteiger partial charge on any atom is -0.345 e. The lowest BCUT2D eigenvalue weighted by atomic mass is 10.1. The van der Waals surface area contributed by atoms with Crippen molar-refractivity contribution in [3.8, 4) is 0 Å². The maximum absolute atomic E-state index is 14.0. The van der Waals surface area contributed by atoms with Gasteiger partial charge in [-0.25, -0.2) is 4.39 Å². The smallest absolute Gasteiger partial charge is 0.253 e. The topological polar surface area (TPSA) is 49.4 Å². The Bertz CT molecular complexity index is 838. The fourth-order valence-electron chi connectivity index (χ4n) is 2.83. The molecule has 25 heavy (non-hydrogen) atoms. The predicted octanol–water partition coefficient (Wildman–Crippen LogP) is 3.92. The van der Waals surface area contributed by atoms with Gasteiger partial charge in [0.15, 0.2) is 0 Å².